The first kappa shape index (κ1) is 8.77. The predicted molar refractivity (Wildman–Crippen MR) is 41.3 cm³/mol. The van der Waals surface area contributed by atoms with Crippen LogP contribution < -0.4 is 0 Å². The van der Waals surface area contributed by atoms with E-state index in [1.165, 1.54) is 4.90 Å². The fourth-order valence-corrected chi connectivity index (χ4v) is 0.587. The smallest absolute Gasteiger partial charge is 0.298 e. The highest BCUT2D eigenvalue weighted by Crippen LogP contribution is 1.91. The maximum atomic E-state index is 10.7. The summed E-state index contributed by atoms with van der Waals surface area (Å²) in [6, 6.07) is 0. The Hall–Kier alpha value is -1.23. The van der Waals surface area contributed by atoms with Gasteiger partial charge in [-0.2, -0.15) is 0 Å². The Morgan fingerprint density at radius 2 is 2.30 bits per heavy atom. The largest absolute Gasteiger partial charge is 0.331 e. The topological polar surface area (TPSA) is 20.3 Å². The van der Waals surface area contributed by atoms with Crippen molar-refractivity contribution in [2.45, 2.75) is 6.92 Å². The van der Waals surface area contributed by atoms with E-state index in [-0.39, 0.29) is 5.91 Å². The number of nitrogens with zero attached hydrogens (tertiary/aromatic N) is 1. The minimum atomic E-state index is -0.303. The Labute approximate surface area is 61.5 Å². The van der Waals surface area contributed by atoms with Gasteiger partial charge in [-0.15, -0.1) is 6.42 Å². The fourth-order valence-electron chi connectivity index (χ4n) is 0.587. The highest BCUT2D eigenvalue weighted by Gasteiger charge is 2.02. The fraction of sp³-hybridized carbons (Fsp3) is 0.375. The Morgan fingerprint density at radius 3 is 2.60 bits per heavy atom. The second-order valence-corrected chi connectivity index (χ2v) is 2.26. The number of likely N-dealkylation sites (N-methyl/N-ethyl adjacent to an activating group) is 1. The van der Waals surface area contributed by atoms with E-state index in [4.69, 9.17) is 6.42 Å². The third-order valence-electron chi connectivity index (χ3n) is 0.977. The van der Waals surface area contributed by atoms with Crippen LogP contribution in [0.25, 0.3) is 0 Å². The van der Waals surface area contributed by atoms with Gasteiger partial charge in [0.1, 0.15) is 0 Å². The molecule has 0 spiro atoms. The quantitative estimate of drug-likeness (QED) is 0.404. The summed E-state index contributed by atoms with van der Waals surface area (Å²) in [5, 5.41) is 0. The zero-order valence-electron chi connectivity index (χ0n) is 6.35. The van der Waals surface area contributed by atoms with Gasteiger partial charge >= 0.3 is 0 Å². The Morgan fingerprint density at radius 1 is 1.80 bits per heavy atom. The zero-order valence-corrected chi connectivity index (χ0v) is 6.35. The summed E-state index contributed by atoms with van der Waals surface area (Å²) in [7, 11) is 1.65. The lowest BCUT2D eigenvalue weighted by molar-refractivity contribution is -0.123. The second kappa shape index (κ2) is 3.73. The zero-order chi connectivity index (χ0) is 8.15. The highest BCUT2D eigenvalue weighted by atomic mass is 16.2. The van der Waals surface area contributed by atoms with Gasteiger partial charge in [-0.1, -0.05) is 12.2 Å². The Bertz CT molecular complexity index is 188. The van der Waals surface area contributed by atoms with Gasteiger partial charge in [0.15, 0.2) is 0 Å². The molecule has 0 saturated heterocycles. The van der Waals surface area contributed by atoms with Crippen molar-refractivity contribution in [1.29, 1.82) is 0 Å². The Balaban J connectivity index is 3.88. The molecule has 0 bridgehead atoms. The standard InChI is InChI=1S/C8H11NO/c1-5-8(10)9(4)6-7(2)3/h1H,2,6H2,3-4H3. The van der Waals surface area contributed by atoms with Crippen LogP contribution in [0.1, 0.15) is 6.92 Å². The van der Waals surface area contributed by atoms with Crippen LogP contribution in [-0.2, 0) is 4.79 Å². The van der Waals surface area contributed by atoms with Gasteiger partial charge in [-0.3, -0.25) is 4.79 Å². The van der Waals surface area contributed by atoms with Gasteiger partial charge in [0, 0.05) is 13.6 Å². The first-order valence-electron chi connectivity index (χ1n) is 2.94. The number of terminal acetylenes is 1. The molecule has 0 heterocycles. The van der Waals surface area contributed by atoms with Crippen molar-refractivity contribution in [3.8, 4) is 12.3 Å². The number of amides is 1. The Kier molecular flexibility index (Phi) is 3.27. The van der Waals surface area contributed by atoms with Crippen molar-refractivity contribution in [3.05, 3.63) is 12.2 Å². The van der Waals surface area contributed by atoms with Gasteiger partial charge in [-0.05, 0) is 12.8 Å². The van der Waals surface area contributed by atoms with Crippen LogP contribution >= 0.6 is 0 Å². The summed E-state index contributed by atoms with van der Waals surface area (Å²) in [6.07, 6.45) is 4.88. The highest BCUT2D eigenvalue weighted by molar-refractivity contribution is 5.92. The molecule has 0 saturated carbocycles. The van der Waals surface area contributed by atoms with E-state index in [2.05, 4.69) is 6.58 Å². The summed E-state index contributed by atoms with van der Waals surface area (Å²) in [4.78, 5) is 12.1. The normalized spacial score (nSPS) is 8.10. The van der Waals surface area contributed by atoms with E-state index >= 15 is 0 Å². The molecule has 0 fully saturated rings. The van der Waals surface area contributed by atoms with Crippen LogP contribution in [0.5, 0.6) is 0 Å². The maximum Gasteiger partial charge on any atom is 0.298 e. The minimum absolute atomic E-state index is 0.303. The molecule has 0 radical (unpaired) electrons. The molecular weight excluding hydrogens is 126 g/mol. The number of carbonyl (C=O) groups is 1. The minimum Gasteiger partial charge on any atom is -0.331 e. The van der Waals surface area contributed by atoms with Crippen molar-refractivity contribution < 1.29 is 4.79 Å². The van der Waals surface area contributed by atoms with Gasteiger partial charge in [-0.25, -0.2) is 0 Å². The number of carbonyl (C=O) groups excluding carboxylic acids is 1. The van der Waals surface area contributed by atoms with Gasteiger partial charge < -0.3 is 4.90 Å². The summed E-state index contributed by atoms with van der Waals surface area (Å²) < 4.78 is 0. The molecule has 0 rings (SSSR count). The lowest BCUT2D eigenvalue weighted by Crippen LogP contribution is -2.26. The monoisotopic (exact) mass is 137 g/mol. The molecule has 2 nitrogen and oxygen atoms in total. The molecule has 0 atom stereocenters. The first-order chi connectivity index (χ1) is 4.57. The maximum absolute atomic E-state index is 10.7. The molecule has 10 heavy (non-hydrogen) atoms. The SMILES string of the molecule is C#CC(=O)N(C)CC(=C)C. The number of hydrogen-bond donors (Lipinski definition) is 0. The van der Waals surface area contributed by atoms with E-state index in [0.29, 0.717) is 6.54 Å². The average molecular weight is 137 g/mol. The van der Waals surface area contributed by atoms with Gasteiger partial charge in [0.2, 0.25) is 0 Å². The van der Waals surface area contributed by atoms with Gasteiger partial charge in [0.25, 0.3) is 5.91 Å². The average Bonchev–Trinajstić information content (AvgIpc) is 1.85. The second-order valence-electron chi connectivity index (χ2n) is 2.26. The summed E-state index contributed by atoms with van der Waals surface area (Å²) in [5.74, 6) is 1.71. The van der Waals surface area contributed by atoms with Crippen molar-refractivity contribution in [1.82, 2.24) is 4.90 Å². The first-order valence-corrected chi connectivity index (χ1v) is 2.94. The molecule has 0 aliphatic carbocycles. The molecule has 2 heteroatoms. The summed E-state index contributed by atoms with van der Waals surface area (Å²) in [5.41, 5.74) is 0.922. The lowest BCUT2D eigenvalue weighted by Gasteiger charge is -2.12. The number of rotatable bonds is 2. The van der Waals surface area contributed by atoms with Crippen molar-refractivity contribution in [2.24, 2.45) is 0 Å². The van der Waals surface area contributed by atoms with Crippen molar-refractivity contribution in [3.63, 3.8) is 0 Å². The molecule has 0 N–H and O–H groups in total. The molecule has 0 aromatic rings. The third kappa shape index (κ3) is 2.93. The third-order valence-corrected chi connectivity index (χ3v) is 0.977. The van der Waals surface area contributed by atoms with E-state index < -0.39 is 0 Å². The molecule has 0 aromatic carbocycles. The molecule has 0 aliphatic heterocycles. The number of hydrogen-bond acceptors (Lipinski definition) is 1. The summed E-state index contributed by atoms with van der Waals surface area (Å²) >= 11 is 0. The lowest BCUT2D eigenvalue weighted by atomic mass is 10.3. The van der Waals surface area contributed by atoms with E-state index in [1.54, 1.807) is 7.05 Å². The van der Waals surface area contributed by atoms with Gasteiger partial charge in [0.05, 0.1) is 0 Å². The predicted octanol–water partition coefficient (Wildman–Crippen LogP) is 0.654. The molecule has 0 aliphatic rings. The van der Waals surface area contributed by atoms with Crippen LogP contribution in [0.4, 0.5) is 0 Å². The van der Waals surface area contributed by atoms with Crippen LogP contribution in [-0.4, -0.2) is 24.4 Å². The van der Waals surface area contributed by atoms with Crippen LogP contribution in [0.3, 0.4) is 0 Å². The van der Waals surface area contributed by atoms with E-state index in [9.17, 15) is 4.79 Å². The molecule has 0 aromatic heterocycles. The van der Waals surface area contributed by atoms with Crippen molar-refractivity contribution >= 4 is 5.91 Å². The van der Waals surface area contributed by atoms with E-state index in [1.807, 2.05) is 12.8 Å². The van der Waals surface area contributed by atoms with E-state index in [0.717, 1.165) is 5.57 Å². The molecule has 1 amide bonds. The van der Waals surface area contributed by atoms with Crippen LogP contribution in [0, 0.1) is 12.3 Å². The molecule has 0 unspecified atom stereocenters. The summed E-state index contributed by atoms with van der Waals surface area (Å²) in [6.45, 7) is 6.03. The molecular formula is C8H11NO. The van der Waals surface area contributed by atoms with Crippen LogP contribution in [0.2, 0.25) is 0 Å². The molecule has 54 valence electrons. The van der Waals surface area contributed by atoms with Crippen molar-refractivity contribution in [2.75, 3.05) is 13.6 Å². The van der Waals surface area contributed by atoms with Crippen LogP contribution in [0.15, 0.2) is 12.2 Å².